The van der Waals surface area contributed by atoms with Crippen LogP contribution in [0.5, 0.6) is 0 Å². The zero-order valence-corrected chi connectivity index (χ0v) is 15.4. The van der Waals surface area contributed by atoms with E-state index in [0.717, 1.165) is 17.7 Å². The highest BCUT2D eigenvalue weighted by atomic mass is 19.4. The van der Waals surface area contributed by atoms with Gasteiger partial charge in [-0.25, -0.2) is 4.98 Å². The molecule has 3 aromatic rings. The number of fused-ring (bicyclic) bond motifs is 1. The summed E-state index contributed by atoms with van der Waals surface area (Å²) >= 11 is 0. The standard InChI is InChI=1S/C21H16F3N3O2/c1-14-5-2-9-17-19(14)26-13-27(20(17)29)12-18(28)25-10-4-7-15-6-3-8-16(11-15)21(22,23)24/h2-3,5-6,8-9,11,13H,10,12H2,1H3,(H,25,28). The largest absolute Gasteiger partial charge is 0.416 e. The predicted octanol–water partition coefficient (Wildman–Crippen LogP) is 2.89. The lowest BCUT2D eigenvalue weighted by molar-refractivity contribution is -0.137. The number of aryl methyl sites for hydroxylation is 1. The van der Waals surface area contributed by atoms with Crippen molar-refractivity contribution in [1.82, 2.24) is 14.9 Å². The van der Waals surface area contributed by atoms with Crippen molar-refractivity contribution in [3.63, 3.8) is 0 Å². The Morgan fingerprint density at radius 2 is 1.97 bits per heavy atom. The van der Waals surface area contributed by atoms with Gasteiger partial charge < -0.3 is 5.32 Å². The number of rotatable bonds is 3. The molecule has 0 atom stereocenters. The molecule has 0 saturated carbocycles. The molecule has 1 N–H and O–H groups in total. The van der Waals surface area contributed by atoms with Crippen LogP contribution in [0.15, 0.2) is 53.6 Å². The molecule has 3 rings (SSSR count). The number of para-hydroxylation sites is 1. The van der Waals surface area contributed by atoms with Crippen LogP contribution in [0.3, 0.4) is 0 Å². The van der Waals surface area contributed by atoms with E-state index in [2.05, 4.69) is 22.1 Å². The highest BCUT2D eigenvalue weighted by Gasteiger charge is 2.30. The van der Waals surface area contributed by atoms with E-state index >= 15 is 0 Å². The van der Waals surface area contributed by atoms with Crippen molar-refractivity contribution in [2.24, 2.45) is 0 Å². The number of nitrogens with zero attached hydrogens (tertiary/aromatic N) is 2. The van der Waals surface area contributed by atoms with Crippen LogP contribution in [-0.4, -0.2) is 22.0 Å². The number of alkyl halides is 3. The Labute approximate surface area is 164 Å². The number of benzene rings is 2. The summed E-state index contributed by atoms with van der Waals surface area (Å²) in [6.45, 7) is 1.54. The smallest absolute Gasteiger partial charge is 0.344 e. The maximum Gasteiger partial charge on any atom is 0.416 e. The molecule has 8 heteroatoms. The molecule has 5 nitrogen and oxygen atoms in total. The molecule has 2 aromatic carbocycles. The summed E-state index contributed by atoms with van der Waals surface area (Å²) in [6, 6.07) is 9.86. The highest BCUT2D eigenvalue weighted by molar-refractivity contribution is 5.81. The second kappa shape index (κ2) is 8.19. The van der Waals surface area contributed by atoms with Gasteiger partial charge in [0.2, 0.25) is 5.91 Å². The lowest BCUT2D eigenvalue weighted by Gasteiger charge is -2.07. The van der Waals surface area contributed by atoms with Gasteiger partial charge in [-0.2, -0.15) is 13.2 Å². The van der Waals surface area contributed by atoms with Gasteiger partial charge in [0, 0.05) is 5.56 Å². The van der Waals surface area contributed by atoms with Gasteiger partial charge in [-0.05, 0) is 36.8 Å². The third kappa shape index (κ3) is 4.82. The maximum atomic E-state index is 12.7. The monoisotopic (exact) mass is 399 g/mol. The van der Waals surface area contributed by atoms with E-state index in [0.29, 0.717) is 10.9 Å². The summed E-state index contributed by atoms with van der Waals surface area (Å²) < 4.78 is 39.2. The minimum Gasteiger partial charge on any atom is -0.344 e. The Morgan fingerprint density at radius 3 is 2.72 bits per heavy atom. The van der Waals surface area contributed by atoms with Crippen molar-refractivity contribution in [2.45, 2.75) is 19.6 Å². The molecule has 0 radical (unpaired) electrons. The van der Waals surface area contributed by atoms with Crippen LogP contribution >= 0.6 is 0 Å². The molecule has 0 spiro atoms. The number of amides is 1. The van der Waals surface area contributed by atoms with E-state index < -0.39 is 17.6 Å². The van der Waals surface area contributed by atoms with Gasteiger partial charge >= 0.3 is 6.18 Å². The molecular formula is C21H16F3N3O2. The fraction of sp³-hybridized carbons (Fsp3) is 0.190. The molecule has 0 aliphatic carbocycles. The zero-order chi connectivity index (χ0) is 21.0. The van der Waals surface area contributed by atoms with Gasteiger partial charge in [-0.15, -0.1) is 0 Å². The van der Waals surface area contributed by atoms with Crippen LogP contribution in [0.1, 0.15) is 16.7 Å². The van der Waals surface area contributed by atoms with Crippen molar-refractivity contribution in [2.75, 3.05) is 6.54 Å². The summed E-state index contributed by atoms with van der Waals surface area (Å²) in [5.41, 5.74) is 0.525. The van der Waals surface area contributed by atoms with Gasteiger partial charge in [0.1, 0.15) is 6.54 Å². The Morgan fingerprint density at radius 1 is 1.21 bits per heavy atom. The molecule has 0 fully saturated rings. The number of aromatic nitrogens is 2. The SMILES string of the molecule is Cc1cccc2c(=O)n(CC(=O)NCC#Cc3cccc(C(F)(F)F)c3)cnc12. The third-order valence-corrected chi connectivity index (χ3v) is 4.17. The fourth-order valence-corrected chi connectivity index (χ4v) is 2.72. The van der Waals surface area contributed by atoms with E-state index in [1.165, 1.54) is 23.0 Å². The number of carbonyl (C=O) groups is 1. The molecule has 148 valence electrons. The van der Waals surface area contributed by atoms with Crippen molar-refractivity contribution < 1.29 is 18.0 Å². The Hall–Kier alpha value is -3.60. The van der Waals surface area contributed by atoms with Crippen LogP contribution < -0.4 is 10.9 Å². The molecule has 0 saturated heterocycles. The van der Waals surface area contributed by atoms with Crippen molar-refractivity contribution in [1.29, 1.82) is 0 Å². The van der Waals surface area contributed by atoms with E-state index in [-0.39, 0.29) is 24.2 Å². The van der Waals surface area contributed by atoms with Crippen molar-refractivity contribution >= 4 is 16.8 Å². The van der Waals surface area contributed by atoms with Crippen molar-refractivity contribution in [3.05, 3.63) is 75.8 Å². The Balaban J connectivity index is 1.63. The van der Waals surface area contributed by atoms with Gasteiger partial charge in [0.15, 0.2) is 0 Å². The van der Waals surface area contributed by atoms with Gasteiger partial charge in [0.25, 0.3) is 5.56 Å². The molecular weight excluding hydrogens is 383 g/mol. The van der Waals surface area contributed by atoms with Crippen LogP contribution in [0.25, 0.3) is 10.9 Å². The van der Waals surface area contributed by atoms with E-state index in [9.17, 15) is 22.8 Å². The number of hydrogen-bond acceptors (Lipinski definition) is 3. The first kappa shape index (κ1) is 20.1. The van der Waals surface area contributed by atoms with Crippen LogP contribution in [0.4, 0.5) is 13.2 Å². The lowest BCUT2D eigenvalue weighted by atomic mass is 10.1. The molecule has 0 unspecified atom stereocenters. The molecule has 29 heavy (non-hydrogen) atoms. The predicted molar refractivity (Wildman–Crippen MR) is 102 cm³/mol. The summed E-state index contributed by atoms with van der Waals surface area (Å²) in [5.74, 6) is 4.71. The number of carbonyl (C=O) groups excluding carboxylic acids is 1. The number of hydrogen-bond donors (Lipinski definition) is 1. The first-order valence-electron chi connectivity index (χ1n) is 8.63. The zero-order valence-electron chi connectivity index (χ0n) is 15.4. The fourth-order valence-electron chi connectivity index (χ4n) is 2.72. The quantitative estimate of drug-likeness (QED) is 0.689. The third-order valence-electron chi connectivity index (χ3n) is 4.17. The number of nitrogens with one attached hydrogen (secondary N) is 1. The normalized spacial score (nSPS) is 11.0. The molecule has 0 aliphatic heterocycles. The highest BCUT2D eigenvalue weighted by Crippen LogP contribution is 2.29. The topological polar surface area (TPSA) is 64.0 Å². The second-order valence-electron chi connectivity index (χ2n) is 6.31. The lowest BCUT2D eigenvalue weighted by Crippen LogP contribution is -2.32. The molecule has 1 heterocycles. The average Bonchev–Trinajstić information content (AvgIpc) is 2.67. The first-order valence-corrected chi connectivity index (χ1v) is 8.63. The summed E-state index contributed by atoms with van der Waals surface area (Å²) in [5, 5.41) is 2.93. The number of halogens is 3. The van der Waals surface area contributed by atoms with Gasteiger partial charge in [-0.3, -0.25) is 14.2 Å². The molecule has 0 bridgehead atoms. The van der Waals surface area contributed by atoms with Crippen molar-refractivity contribution in [3.8, 4) is 11.8 Å². The van der Waals surface area contributed by atoms with E-state index in [4.69, 9.17) is 0 Å². The first-order chi connectivity index (χ1) is 13.8. The molecule has 0 aliphatic rings. The Kier molecular flexibility index (Phi) is 5.69. The summed E-state index contributed by atoms with van der Waals surface area (Å²) in [6.07, 6.45) is -3.13. The molecule has 1 aromatic heterocycles. The van der Waals surface area contributed by atoms with Crippen LogP contribution in [0.2, 0.25) is 0 Å². The summed E-state index contributed by atoms with van der Waals surface area (Å²) in [4.78, 5) is 28.7. The molecule has 1 amide bonds. The van der Waals surface area contributed by atoms with Gasteiger partial charge in [-0.1, -0.05) is 30.0 Å². The van der Waals surface area contributed by atoms with E-state index in [1.807, 2.05) is 13.0 Å². The minimum absolute atomic E-state index is 0.0655. The second-order valence-corrected chi connectivity index (χ2v) is 6.31. The maximum absolute atomic E-state index is 12.7. The van der Waals surface area contributed by atoms with Gasteiger partial charge in [0.05, 0.1) is 29.3 Å². The van der Waals surface area contributed by atoms with E-state index in [1.54, 1.807) is 12.1 Å². The Bertz CT molecular complexity index is 1190. The van der Waals surface area contributed by atoms with Crippen LogP contribution in [-0.2, 0) is 17.5 Å². The minimum atomic E-state index is -4.44. The summed E-state index contributed by atoms with van der Waals surface area (Å²) in [7, 11) is 0. The van der Waals surface area contributed by atoms with Crippen LogP contribution in [0, 0.1) is 18.8 Å². The average molecular weight is 399 g/mol.